The average molecular weight is 242 g/mol. The molecule has 1 aliphatic heterocycles. The van der Waals surface area contributed by atoms with E-state index in [4.69, 9.17) is 4.74 Å². The van der Waals surface area contributed by atoms with Gasteiger partial charge < -0.3 is 10.1 Å². The van der Waals surface area contributed by atoms with Gasteiger partial charge in [0.2, 0.25) is 0 Å². The minimum atomic E-state index is 0.382. The van der Waals surface area contributed by atoms with E-state index in [-0.39, 0.29) is 0 Å². The maximum Gasteiger partial charge on any atom is 0.0674 e. The minimum absolute atomic E-state index is 0.382. The second-order valence-corrected chi connectivity index (χ2v) is 5.30. The molecule has 2 atom stereocenters. The summed E-state index contributed by atoms with van der Waals surface area (Å²) in [6, 6.07) is 1.29. The third-order valence-electron chi connectivity index (χ3n) is 3.79. The number of nitrogens with zero attached hydrogens (tertiary/aromatic N) is 1. The Kier molecular flexibility index (Phi) is 7.09. The molecule has 0 saturated carbocycles. The second-order valence-electron chi connectivity index (χ2n) is 5.30. The Morgan fingerprint density at radius 3 is 2.71 bits per heavy atom. The highest BCUT2D eigenvalue weighted by molar-refractivity contribution is 4.76. The molecular formula is C14H30N2O. The Morgan fingerprint density at radius 1 is 1.35 bits per heavy atom. The maximum atomic E-state index is 5.69. The summed E-state index contributed by atoms with van der Waals surface area (Å²) in [5.41, 5.74) is 0. The van der Waals surface area contributed by atoms with Gasteiger partial charge in [0.15, 0.2) is 0 Å². The van der Waals surface area contributed by atoms with Gasteiger partial charge in [-0.05, 0) is 33.1 Å². The van der Waals surface area contributed by atoms with Crippen LogP contribution in [0.2, 0.25) is 0 Å². The van der Waals surface area contributed by atoms with Crippen LogP contribution in [0.3, 0.4) is 0 Å². The van der Waals surface area contributed by atoms with Crippen LogP contribution < -0.4 is 5.32 Å². The van der Waals surface area contributed by atoms with Gasteiger partial charge in [0.25, 0.3) is 0 Å². The predicted molar refractivity (Wildman–Crippen MR) is 73.4 cm³/mol. The standard InChI is InChI=1S/C14H30N2O/c1-5-14(6-2)15-10-12(3)16-8-7-9-17-13(4)11-16/h12-15H,5-11H2,1-4H3. The molecule has 0 spiro atoms. The van der Waals surface area contributed by atoms with Crippen LogP contribution in [0.4, 0.5) is 0 Å². The fourth-order valence-corrected chi connectivity index (χ4v) is 2.47. The average Bonchev–Trinajstić information content (AvgIpc) is 2.55. The zero-order valence-electron chi connectivity index (χ0n) is 12.0. The SMILES string of the molecule is CCC(CC)NCC(C)N1CCCOC(C)C1. The van der Waals surface area contributed by atoms with Crippen LogP contribution in [0.15, 0.2) is 0 Å². The highest BCUT2D eigenvalue weighted by Crippen LogP contribution is 2.09. The molecule has 2 unspecified atom stereocenters. The normalized spacial score (nSPS) is 24.9. The molecule has 17 heavy (non-hydrogen) atoms. The van der Waals surface area contributed by atoms with Crippen LogP contribution in [0.1, 0.15) is 47.0 Å². The van der Waals surface area contributed by atoms with Gasteiger partial charge in [-0.1, -0.05) is 13.8 Å². The van der Waals surface area contributed by atoms with E-state index in [1.54, 1.807) is 0 Å². The molecule has 0 aliphatic carbocycles. The summed E-state index contributed by atoms with van der Waals surface area (Å²) < 4.78 is 5.69. The molecule has 1 aliphatic rings. The summed E-state index contributed by atoms with van der Waals surface area (Å²) in [5, 5.41) is 3.67. The van der Waals surface area contributed by atoms with E-state index in [1.165, 1.54) is 25.8 Å². The van der Waals surface area contributed by atoms with E-state index in [9.17, 15) is 0 Å². The lowest BCUT2D eigenvalue weighted by Crippen LogP contribution is -2.45. The van der Waals surface area contributed by atoms with Crippen molar-refractivity contribution in [2.24, 2.45) is 0 Å². The van der Waals surface area contributed by atoms with Crippen LogP contribution >= 0.6 is 0 Å². The maximum absolute atomic E-state index is 5.69. The summed E-state index contributed by atoms with van der Waals surface area (Å²) in [6.07, 6.45) is 4.00. The number of hydrogen-bond acceptors (Lipinski definition) is 3. The smallest absolute Gasteiger partial charge is 0.0674 e. The Bertz CT molecular complexity index is 195. The summed E-state index contributed by atoms with van der Waals surface area (Å²) in [5.74, 6) is 0. The number of rotatable bonds is 6. The molecule has 3 heteroatoms. The van der Waals surface area contributed by atoms with Crippen molar-refractivity contribution in [3.8, 4) is 0 Å². The van der Waals surface area contributed by atoms with Crippen LogP contribution in [0, 0.1) is 0 Å². The first-order chi connectivity index (χ1) is 8.17. The summed E-state index contributed by atoms with van der Waals surface area (Å²) in [4.78, 5) is 2.56. The summed E-state index contributed by atoms with van der Waals surface area (Å²) >= 11 is 0. The Morgan fingerprint density at radius 2 is 2.06 bits per heavy atom. The van der Waals surface area contributed by atoms with E-state index in [2.05, 4.69) is 37.9 Å². The first-order valence-corrected chi connectivity index (χ1v) is 7.26. The van der Waals surface area contributed by atoms with Gasteiger partial charge in [-0.15, -0.1) is 0 Å². The Labute approximate surface area is 107 Å². The van der Waals surface area contributed by atoms with Crippen molar-refractivity contribution < 1.29 is 4.74 Å². The first-order valence-electron chi connectivity index (χ1n) is 7.26. The molecule has 1 saturated heterocycles. The Hall–Kier alpha value is -0.120. The molecule has 1 N–H and O–H groups in total. The van der Waals surface area contributed by atoms with E-state index in [0.717, 1.165) is 19.7 Å². The van der Waals surface area contributed by atoms with E-state index >= 15 is 0 Å². The van der Waals surface area contributed by atoms with Crippen molar-refractivity contribution in [3.05, 3.63) is 0 Å². The van der Waals surface area contributed by atoms with Crippen LogP contribution in [-0.2, 0) is 4.74 Å². The number of hydrogen-bond donors (Lipinski definition) is 1. The molecule has 0 aromatic carbocycles. The molecule has 0 bridgehead atoms. The van der Waals surface area contributed by atoms with Crippen LogP contribution in [0.5, 0.6) is 0 Å². The fourth-order valence-electron chi connectivity index (χ4n) is 2.47. The van der Waals surface area contributed by atoms with Gasteiger partial charge in [0.05, 0.1) is 6.10 Å². The molecule has 3 nitrogen and oxygen atoms in total. The van der Waals surface area contributed by atoms with Gasteiger partial charge in [-0.25, -0.2) is 0 Å². The van der Waals surface area contributed by atoms with Gasteiger partial charge in [-0.3, -0.25) is 4.90 Å². The van der Waals surface area contributed by atoms with Crippen molar-refractivity contribution >= 4 is 0 Å². The molecule has 0 amide bonds. The minimum Gasteiger partial charge on any atom is -0.377 e. The molecule has 0 aromatic rings. The lowest BCUT2D eigenvalue weighted by molar-refractivity contribution is 0.0617. The molecule has 102 valence electrons. The zero-order chi connectivity index (χ0) is 12.7. The molecule has 0 aromatic heterocycles. The lowest BCUT2D eigenvalue weighted by atomic mass is 10.1. The third-order valence-corrected chi connectivity index (χ3v) is 3.79. The predicted octanol–water partition coefficient (Wildman–Crippen LogP) is 2.26. The van der Waals surface area contributed by atoms with Gasteiger partial charge in [0.1, 0.15) is 0 Å². The van der Waals surface area contributed by atoms with E-state index in [1.807, 2.05) is 0 Å². The molecule has 1 fully saturated rings. The fraction of sp³-hybridized carbons (Fsp3) is 1.00. The number of nitrogens with one attached hydrogen (secondary N) is 1. The monoisotopic (exact) mass is 242 g/mol. The first kappa shape index (κ1) is 14.9. The van der Waals surface area contributed by atoms with Crippen molar-refractivity contribution in [3.63, 3.8) is 0 Å². The van der Waals surface area contributed by atoms with Crippen molar-refractivity contribution in [1.82, 2.24) is 10.2 Å². The molecular weight excluding hydrogens is 212 g/mol. The topological polar surface area (TPSA) is 24.5 Å². The molecule has 1 heterocycles. The second kappa shape index (κ2) is 8.06. The highest BCUT2D eigenvalue weighted by Gasteiger charge is 2.20. The van der Waals surface area contributed by atoms with Gasteiger partial charge in [-0.2, -0.15) is 0 Å². The largest absolute Gasteiger partial charge is 0.377 e. The highest BCUT2D eigenvalue weighted by atomic mass is 16.5. The Balaban J connectivity index is 2.32. The van der Waals surface area contributed by atoms with Crippen molar-refractivity contribution in [2.45, 2.75) is 65.1 Å². The van der Waals surface area contributed by atoms with Gasteiger partial charge >= 0.3 is 0 Å². The lowest BCUT2D eigenvalue weighted by Gasteiger charge is -2.30. The van der Waals surface area contributed by atoms with Gasteiger partial charge in [0, 0.05) is 38.3 Å². The third kappa shape index (κ3) is 5.36. The van der Waals surface area contributed by atoms with Crippen molar-refractivity contribution in [1.29, 1.82) is 0 Å². The summed E-state index contributed by atoms with van der Waals surface area (Å²) in [6.45, 7) is 13.3. The van der Waals surface area contributed by atoms with E-state index < -0.39 is 0 Å². The molecule has 1 rings (SSSR count). The van der Waals surface area contributed by atoms with E-state index in [0.29, 0.717) is 18.2 Å². The quantitative estimate of drug-likeness (QED) is 0.773. The number of ether oxygens (including phenoxy) is 1. The summed E-state index contributed by atoms with van der Waals surface area (Å²) in [7, 11) is 0. The van der Waals surface area contributed by atoms with Crippen LogP contribution in [0.25, 0.3) is 0 Å². The van der Waals surface area contributed by atoms with Crippen LogP contribution in [-0.4, -0.2) is 49.3 Å². The molecule has 0 radical (unpaired) electrons. The zero-order valence-corrected chi connectivity index (χ0v) is 12.0. The van der Waals surface area contributed by atoms with Crippen molar-refractivity contribution in [2.75, 3.05) is 26.2 Å².